The minimum absolute atomic E-state index is 0.0269. The van der Waals surface area contributed by atoms with Crippen LogP contribution < -0.4 is 10.9 Å². The fraction of sp³-hybridized carbons (Fsp3) is 0.333. The fourth-order valence-electron chi connectivity index (χ4n) is 3.45. The van der Waals surface area contributed by atoms with Crippen LogP contribution in [0.2, 0.25) is 0 Å². The third-order valence-electron chi connectivity index (χ3n) is 4.74. The fourth-order valence-corrected chi connectivity index (χ4v) is 3.45. The molecular formula is C21H24N4O3. The third-order valence-corrected chi connectivity index (χ3v) is 4.74. The van der Waals surface area contributed by atoms with Crippen LogP contribution in [0.3, 0.4) is 0 Å². The van der Waals surface area contributed by atoms with Gasteiger partial charge in [-0.2, -0.15) is 0 Å². The number of hydrogen-bond donors (Lipinski definition) is 2. The van der Waals surface area contributed by atoms with Gasteiger partial charge in [0.05, 0.1) is 0 Å². The highest BCUT2D eigenvalue weighted by molar-refractivity contribution is 6.07. The van der Waals surface area contributed by atoms with Gasteiger partial charge in [0.25, 0.3) is 5.56 Å². The number of rotatable bonds is 7. The van der Waals surface area contributed by atoms with Crippen LogP contribution in [0.25, 0.3) is 10.9 Å². The van der Waals surface area contributed by atoms with Crippen LogP contribution in [0.1, 0.15) is 48.2 Å². The van der Waals surface area contributed by atoms with Crippen LogP contribution >= 0.6 is 0 Å². The number of Topliss-reactive ketones (excluding diaryl/α,β-unsaturated/α-hetero) is 1. The van der Waals surface area contributed by atoms with E-state index in [4.69, 9.17) is 0 Å². The van der Waals surface area contributed by atoms with Crippen molar-refractivity contribution in [1.82, 2.24) is 19.9 Å². The molecule has 28 heavy (non-hydrogen) atoms. The number of nitrogens with zero attached hydrogens (tertiary/aromatic N) is 2. The first-order valence-electron chi connectivity index (χ1n) is 9.35. The quantitative estimate of drug-likeness (QED) is 0.616. The lowest BCUT2D eigenvalue weighted by molar-refractivity contribution is -0.124. The number of fused-ring (bicyclic) bond motifs is 1. The second-order valence-electron chi connectivity index (χ2n) is 6.81. The molecule has 0 unspecified atom stereocenters. The number of aromatic amines is 1. The normalized spacial score (nSPS) is 12.1. The van der Waals surface area contributed by atoms with Crippen LogP contribution in [0, 0.1) is 6.92 Å². The molecule has 0 aliphatic carbocycles. The molecule has 3 aromatic rings. The summed E-state index contributed by atoms with van der Waals surface area (Å²) in [5.41, 5.74) is 1.92. The number of amides is 1. The molecule has 146 valence electrons. The number of ketones is 1. The molecule has 0 bridgehead atoms. The van der Waals surface area contributed by atoms with Gasteiger partial charge in [-0.15, -0.1) is 0 Å². The van der Waals surface area contributed by atoms with Crippen molar-refractivity contribution in [3.05, 3.63) is 64.0 Å². The molecule has 0 aliphatic rings. The first kappa shape index (κ1) is 19.5. The number of benzene rings is 1. The molecule has 1 atom stereocenters. The number of carbonyl (C=O) groups is 2. The van der Waals surface area contributed by atoms with Gasteiger partial charge < -0.3 is 14.9 Å². The van der Waals surface area contributed by atoms with Gasteiger partial charge in [0.2, 0.25) is 5.91 Å². The van der Waals surface area contributed by atoms with E-state index in [9.17, 15) is 14.4 Å². The van der Waals surface area contributed by atoms with Crippen LogP contribution in [0.5, 0.6) is 0 Å². The predicted molar refractivity (Wildman–Crippen MR) is 108 cm³/mol. The van der Waals surface area contributed by atoms with E-state index in [2.05, 4.69) is 15.3 Å². The summed E-state index contributed by atoms with van der Waals surface area (Å²) in [6, 6.07) is 8.61. The minimum Gasteiger partial charge on any atom is -0.354 e. The molecule has 7 heteroatoms. The molecule has 2 aromatic heterocycles. The van der Waals surface area contributed by atoms with Gasteiger partial charge in [0.1, 0.15) is 11.9 Å². The van der Waals surface area contributed by atoms with Gasteiger partial charge in [-0.05, 0) is 26.3 Å². The van der Waals surface area contributed by atoms with E-state index in [1.807, 2.05) is 35.8 Å². The Morgan fingerprint density at radius 3 is 2.71 bits per heavy atom. The van der Waals surface area contributed by atoms with Crippen molar-refractivity contribution >= 4 is 22.6 Å². The SMILES string of the molecule is CC[C@H](C(=O)NCCc1cc(=O)[nH]c(C)n1)n1cc(C(C)=O)c2ccccc21. The maximum Gasteiger partial charge on any atom is 0.251 e. The standard InChI is InChI=1S/C21H24N4O3/c1-4-18(21(28)22-10-9-15-11-20(27)24-14(3)23-15)25-12-17(13(2)26)16-7-5-6-8-19(16)25/h5-8,11-12,18H,4,9-10H2,1-3H3,(H,22,28)(H,23,24,27)/t18-/m1/s1. The van der Waals surface area contributed by atoms with Gasteiger partial charge in [-0.1, -0.05) is 25.1 Å². The maximum atomic E-state index is 12.8. The Morgan fingerprint density at radius 2 is 2.04 bits per heavy atom. The highest BCUT2D eigenvalue weighted by atomic mass is 16.2. The molecule has 0 aliphatic heterocycles. The van der Waals surface area contributed by atoms with Gasteiger partial charge >= 0.3 is 0 Å². The van der Waals surface area contributed by atoms with Gasteiger partial charge in [-0.25, -0.2) is 4.98 Å². The molecule has 0 saturated heterocycles. The zero-order valence-corrected chi connectivity index (χ0v) is 16.3. The Labute approximate surface area is 162 Å². The smallest absolute Gasteiger partial charge is 0.251 e. The lowest BCUT2D eigenvalue weighted by Gasteiger charge is -2.18. The van der Waals surface area contributed by atoms with Crippen molar-refractivity contribution in [1.29, 1.82) is 0 Å². The molecule has 7 nitrogen and oxygen atoms in total. The molecule has 3 rings (SSSR count). The van der Waals surface area contributed by atoms with Crippen LogP contribution in [0.4, 0.5) is 0 Å². The van der Waals surface area contributed by atoms with Crippen molar-refractivity contribution in [3.63, 3.8) is 0 Å². The monoisotopic (exact) mass is 380 g/mol. The topological polar surface area (TPSA) is 96.8 Å². The average molecular weight is 380 g/mol. The highest BCUT2D eigenvalue weighted by Crippen LogP contribution is 2.26. The lowest BCUT2D eigenvalue weighted by Crippen LogP contribution is -2.33. The summed E-state index contributed by atoms with van der Waals surface area (Å²) in [6.45, 7) is 5.57. The number of aromatic nitrogens is 3. The summed E-state index contributed by atoms with van der Waals surface area (Å²) in [7, 11) is 0. The third kappa shape index (κ3) is 4.03. The molecule has 0 fully saturated rings. The van der Waals surface area contributed by atoms with Gasteiger partial charge in [0, 0.05) is 47.4 Å². The average Bonchev–Trinajstić information content (AvgIpc) is 3.01. The van der Waals surface area contributed by atoms with Crippen molar-refractivity contribution in [2.75, 3.05) is 6.54 Å². The number of para-hydroxylation sites is 1. The summed E-state index contributed by atoms with van der Waals surface area (Å²) in [5.74, 6) is 0.400. The van der Waals surface area contributed by atoms with E-state index in [1.165, 1.54) is 13.0 Å². The van der Waals surface area contributed by atoms with Gasteiger partial charge in [0.15, 0.2) is 5.78 Å². The largest absolute Gasteiger partial charge is 0.354 e. The van der Waals surface area contributed by atoms with E-state index >= 15 is 0 Å². The van der Waals surface area contributed by atoms with Crippen molar-refractivity contribution in [2.24, 2.45) is 0 Å². The first-order valence-corrected chi connectivity index (χ1v) is 9.35. The minimum atomic E-state index is -0.424. The summed E-state index contributed by atoms with van der Waals surface area (Å²) < 4.78 is 1.87. The van der Waals surface area contributed by atoms with Crippen LogP contribution in [-0.2, 0) is 11.2 Å². The molecule has 0 saturated carbocycles. The van der Waals surface area contributed by atoms with Crippen LogP contribution in [-0.4, -0.2) is 32.8 Å². The molecule has 2 N–H and O–H groups in total. The van der Waals surface area contributed by atoms with Crippen molar-refractivity contribution in [2.45, 2.75) is 39.7 Å². The van der Waals surface area contributed by atoms with Crippen molar-refractivity contribution in [3.8, 4) is 0 Å². The van der Waals surface area contributed by atoms with E-state index in [1.54, 1.807) is 13.1 Å². The zero-order chi connectivity index (χ0) is 20.3. The maximum absolute atomic E-state index is 12.8. The van der Waals surface area contributed by atoms with Crippen molar-refractivity contribution < 1.29 is 9.59 Å². The summed E-state index contributed by atoms with van der Waals surface area (Å²) in [6.07, 6.45) is 2.82. The molecule has 2 heterocycles. The summed E-state index contributed by atoms with van der Waals surface area (Å²) >= 11 is 0. The predicted octanol–water partition coefficient (Wildman–Crippen LogP) is 2.55. The molecule has 0 spiro atoms. The molecule has 1 aromatic carbocycles. The zero-order valence-electron chi connectivity index (χ0n) is 16.3. The number of carbonyl (C=O) groups excluding carboxylic acids is 2. The van der Waals surface area contributed by atoms with E-state index < -0.39 is 6.04 Å². The molecule has 0 radical (unpaired) electrons. The summed E-state index contributed by atoms with van der Waals surface area (Å²) in [5, 5.41) is 3.78. The lowest BCUT2D eigenvalue weighted by atomic mass is 10.1. The number of hydrogen-bond acceptors (Lipinski definition) is 4. The number of nitrogens with one attached hydrogen (secondary N) is 2. The Balaban J connectivity index is 1.78. The second kappa shape index (κ2) is 8.21. The van der Waals surface area contributed by atoms with E-state index in [0.29, 0.717) is 36.5 Å². The van der Waals surface area contributed by atoms with E-state index in [0.717, 1.165) is 10.9 Å². The Morgan fingerprint density at radius 1 is 1.29 bits per heavy atom. The Kier molecular flexibility index (Phi) is 5.73. The number of aryl methyl sites for hydroxylation is 1. The molecular weight excluding hydrogens is 356 g/mol. The Bertz CT molecular complexity index is 1080. The second-order valence-corrected chi connectivity index (χ2v) is 6.81. The first-order chi connectivity index (χ1) is 13.4. The van der Waals surface area contributed by atoms with Crippen LogP contribution in [0.15, 0.2) is 41.3 Å². The molecule has 1 amide bonds. The number of H-pyrrole nitrogens is 1. The van der Waals surface area contributed by atoms with Gasteiger partial charge in [-0.3, -0.25) is 14.4 Å². The summed E-state index contributed by atoms with van der Waals surface area (Å²) in [4.78, 5) is 43.2. The Hall–Kier alpha value is -3.22. The highest BCUT2D eigenvalue weighted by Gasteiger charge is 2.22. The van der Waals surface area contributed by atoms with E-state index in [-0.39, 0.29) is 17.2 Å².